The number of nitrogens with zero attached hydrogens (tertiary/aromatic N) is 1. The van der Waals surface area contributed by atoms with E-state index in [1.807, 2.05) is 31.0 Å². The second-order valence-corrected chi connectivity index (χ2v) is 7.94. The summed E-state index contributed by atoms with van der Waals surface area (Å²) >= 11 is 0. The first-order valence-corrected chi connectivity index (χ1v) is 10.5. The Morgan fingerprint density at radius 3 is 2.41 bits per heavy atom. The molecular weight excluding hydrogens is 365 g/mol. The van der Waals surface area contributed by atoms with E-state index in [-0.39, 0.29) is 35.6 Å². The van der Waals surface area contributed by atoms with Crippen LogP contribution in [-0.4, -0.2) is 37.5 Å². The molecule has 5 heteroatoms. The highest BCUT2D eigenvalue weighted by Crippen LogP contribution is 2.35. The maximum atomic E-state index is 13.7. The van der Waals surface area contributed by atoms with Gasteiger partial charge >= 0.3 is 0 Å². The van der Waals surface area contributed by atoms with Gasteiger partial charge in [0.05, 0.1) is 5.92 Å². The molecule has 29 heavy (non-hydrogen) atoms. The third kappa shape index (κ3) is 4.51. The van der Waals surface area contributed by atoms with E-state index < -0.39 is 0 Å². The van der Waals surface area contributed by atoms with Crippen LogP contribution in [0.25, 0.3) is 0 Å². The lowest BCUT2D eigenvalue weighted by Crippen LogP contribution is -2.53. The van der Waals surface area contributed by atoms with Gasteiger partial charge in [0.2, 0.25) is 5.91 Å². The summed E-state index contributed by atoms with van der Waals surface area (Å²) in [5.74, 6) is -0.598. The summed E-state index contributed by atoms with van der Waals surface area (Å²) in [6.45, 7) is 3.67. The predicted molar refractivity (Wildman–Crippen MR) is 115 cm³/mol. The van der Waals surface area contributed by atoms with Crippen molar-refractivity contribution in [2.75, 3.05) is 26.7 Å². The fraction of sp³-hybridized carbons (Fsp3) is 0.458. The van der Waals surface area contributed by atoms with Crippen LogP contribution < -0.4 is 11.1 Å². The number of likely N-dealkylation sites (tertiary alicyclic amines) is 1. The molecule has 1 saturated heterocycles. The fourth-order valence-corrected chi connectivity index (χ4v) is 4.71. The van der Waals surface area contributed by atoms with E-state index in [0.29, 0.717) is 13.1 Å². The Bertz CT molecular complexity index is 803. The molecule has 156 valence electrons. The van der Waals surface area contributed by atoms with Crippen LogP contribution >= 0.6 is 0 Å². The van der Waals surface area contributed by atoms with Crippen LogP contribution in [0.3, 0.4) is 0 Å². The summed E-state index contributed by atoms with van der Waals surface area (Å²) in [5, 5.41) is 3.50. The zero-order valence-corrected chi connectivity index (χ0v) is 17.4. The van der Waals surface area contributed by atoms with Crippen molar-refractivity contribution in [2.45, 2.75) is 37.6 Å². The maximum Gasteiger partial charge on any atom is 0.227 e. The number of carbonyl (C=O) groups excluding carboxylic acids is 1. The zero-order valence-electron chi connectivity index (χ0n) is 17.4. The van der Waals surface area contributed by atoms with Gasteiger partial charge in [-0.25, -0.2) is 4.39 Å². The summed E-state index contributed by atoms with van der Waals surface area (Å²) in [6, 6.07) is 17.0. The first-order chi connectivity index (χ1) is 14.0. The number of hydrogen-bond acceptors (Lipinski definition) is 3. The lowest BCUT2D eigenvalue weighted by atomic mass is 9.79. The van der Waals surface area contributed by atoms with Gasteiger partial charge in [-0.2, -0.15) is 0 Å². The van der Waals surface area contributed by atoms with E-state index in [1.54, 1.807) is 6.07 Å². The molecule has 4 nitrogen and oxygen atoms in total. The Morgan fingerprint density at radius 2 is 1.86 bits per heavy atom. The number of hydrogen-bond donors (Lipinski definition) is 2. The van der Waals surface area contributed by atoms with E-state index in [0.717, 1.165) is 24.8 Å². The molecule has 0 spiro atoms. The molecule has 2 atom stereocenters. The Morgan fingerprint density at radius 1 is 1.17 bits per heavy atom. The quantitative estimate of drug-likeness (QED) is 0.750. The molecule has 2 aromatic carbocycles. The molecule has 1 aliphatic heterocycles. The van der Waals surface area contributed by atoms with Gasteiger partial charge in [-0.15, -0.1) is 0 Å². The van der Waals surface area contributed by atoms with Crippen LogP contribution in [0.15, 0.2) is 54.6 Å². The third-order valence-electron chi connectivity index (χ3n) is 6.51. The van der Waals surface area contributed by atoms with Gasteiger partial charge in [0.25, 0.3) is 0 Å². The molecule has 3 rings (SSSR count). The molecule has 0 aliphatic carbocycles. The normalized spacial score (nSPS) is 18.3. The van der Waals surface area contributed by atoms with Gasteiger partial charge in [0, 0.05) is 25.2 Å². The first kappa shape index (κ1) is 21.5. The Balaban J connectivity index is 1.74. The molecule has 0 radical (unpaired) electrons. The SMILES string of the molecule is CC[C@@H](c1cccc(F)c1)[C@@H](CN)C(=O)N1CCC(NC)(c2ccccc2)CC1. The van der Waals surface area contributed by atoms with Crippen LogP contribution in [0, 0.1) is 11.7 Å². The lowest BCUT2D eigenvalue weighted by molar-refractivity contribution is -0.138. The van der Waals surface area contributed by atoms with Crippen molar-refractivity contribution in [1.29, 1.82) is 0 Å². The van der Waals surface area contributed by atoms with Crippen LogP contribution in [0.4, 0.5) is 4.39 Å². The highest BCUT2D eigenvalue weighted by atomic mass is 19.1. The lowest BCUT2D eigenvalue weighted by Gasteiger charge is -2.43. The van der Waals surface area contributed by atoms with Crippen LogP contribution in [0.5, 0.6) is 0 Å². The summed E-state index contributed by atoms with van der Waals surface area (Å²) in [6.07, 6.45) is 2.45. The van der Waals surface area contributed by atoms with Crippen molar-refractivity contribution >= 4 is 5.91 Å². The van der Waals surface area contributed by atoms with Crippen molar-refractivity contribution in [1.82, 2.24) is 10.2 Å². The molecule has 0 aromatic heterocycles. The smallest absolute Gasteiger partial charge is 0.227 e. The standard InChI is InChI=1S/C24H32FN3O/c1-3-21(18-8-7-11-20(25)16-18)22(17-26)23(29)28-14-12-24(27-2,13-15-28)19-9-5-4-6-10-19/h4-11,16,21-22,27H,3,12-15,17,26H2,1-2H3/t21-,22+/m0/s1. The Kier molecular flexibility index (Phi) is 7.04. The Hall–Kier alpha value is -2.24. The highest BCUT2D eigenvalue weighted by Gasteiger charge is 2.38. The topological polar surface area (TPSA) is 58.4 Å². The van der Waals surface area contributed by atoms with Crippen molar-refractivity contribution in [3.8, 4) is 0 Å². The minimum absolute atomic E-state index is 0.0756. The van der Waals surface area contributed by atoms with Crippen molar-refractivity contribution in [2.24, 2.45) is 11.7 Å². The third-order valence-corrected chi connectivity index (χ3v) is 6.51. The van der Waals surface area contributed by atoms with Crippen molar-refractivity contribution in [3.05, 3.63) is 71.5 Å². The Labute approximate surface area is 173 Å². The molecule has 0 unspecified atom stereocenters. The van der Waals surface area contributed by atoms with Crippen LogP contribution in [0.1, 0.15) is 43.2 Å². The van der Waals surface area contributed by atoms with Gasteiger partial charge in [-0.3, -0.25) is 4.79 Å². The molecule has 1 heterocycles. The summed E-state index contributed by atoms with van der Waals surface area (Å²) in [5.41, 5.74) is 8.05. The largest absolute Gasteiger partial charge is 0.342 e. The number of nitrogens with one attached hydrogen (secondary N) is 1. The number of rotatable bonds is 7. The molecule has 1 aliphatic rings. The van der Waals surface area contributed by atoms with Crippen molar-refractivity contribution in [3.63, 3.8) is 0 Å². The fourth-order valence-electron chi connectivity index (χ4n) is 4.71. The number of carbonyl (C=O) groups is 1. The molecule has 2 aromatic rings. The highest BCUT2D eigenvalue weighted by molar-refractivity contribution is 5.80. The molecule has 3 N–H and O–H groups in total. The van der Waals surface area contributed by atoms with Gasteiger partial charge in [0.1, 0.15) is 5.82 Å². The first-order valence-electron chi connectivity index (χ1n) is 10.5. The average molecular weight is 398 g/mol. The van der Waals surface area contributed by atoms with E-state index in [2.05, 4.69) is 29.6 Å². The number of halogens is 1. The summed E-state index contributed by atoms with van der Waals surface area (Å²) in [7, 11) is 1.99. The molecule has 0 saturated carbocycles. The summed E-state index contributed by atoms with van der Waals surface area (Å²) < 4.78 is 13.7. The number of piperidine rings is 1. The molecule has 1 fully saturated rings. The molecular formula is C24H32FN3O. The van der Waals surface area contributed by atoms with Gasteiger partial charge in [-0.05, 0) is 55.5 Å². The van der Waals surface area contributed by atoms with E-state index >= 15 is 0 Å². The predicted octanol–water partition coefficient (Wildman–Crippen LogP) is 3.63. The van der Waals surface area contributed by atoms with Crippen molar-refractivity contribution < 1.29 is 9.18 Å². The minimum atomic E-state index is -0.333. The van der Waals surface area contributed by atoms with E-state index in [9.17, 15) is 9.18 Å². The molecule has 1 amide bonds. The number of nitrogens with two attached hydrogens (primary N) is 1. The van der Waals surface area contributed by atoms with Gasteiger partial charge < -0.3 is 16.0 Å². The van der Waals surface area contributed by atoms with Crippen LogP contribution in [-0.2, 0) is 10.3 Å². The second-order valence-electron chi connectivity index (χ2n) is 7.94. The monoisotopic (exact) mass is 397 g/mol. The van der Waals surface area contributed by atoms with Crippen LogP contribution in [0.2, 0.25) is 0 Å². The number of benzene rings is 2. The van der Waals surface area contributed by atoms with Gasteiger partial charge in [0.15, 0.2) is 0 Å². The molecule has 0 bridgehead atoms. The minimum Gasteiger partial charge on any atom is -0.342 e. The van der Waals surface area contributed by atoms with Gasteiger partial charge in [-0.1, -0.05) is 49.4 Å². The maximum absolute atomic E-state index is 13.7. The zero-order chi connectivity index (χ0) is 20.9. The second kappa shape index (κ2) is 9.51. The average Bonchev–Trinajstić information content (AvgIpc) is 2.77. The number of amides is 1. The van der Waals surface area contributed by atoms with E-state index in [1.165, 1.54) is 17.7 Å². The van der Waals surface area contributed by atoms with E-state index in [4.69, 9.17) is 5.73 Å². The summed E-state index contributed by atoms with van der Waals surface area (Å²) in [4.78, 5) is 15.3.